The molecular weight excluding hydrogens is 371 g/mol. The smallest absolute Gasteiger partial charge is 0.310 e. The molecular formula is C21H22Cl2O3. The molecule has 1 aliphatic rings. The fraction of sp³-hybridized carbons (Fsp3) is 0.286. The molecule has 1 aromatic rings. The molecule has 1 aliphatic carbocycles. The van der Waals surface area contributed by atoms with Crippen molar-refractivity contribution in [2.24, 2.45) is 17.3 Å². The largest absolute Gasteiger partial charge is 0.461 e. The molecule has 0 aromatic heterocycles. The summed E-state index contributed by atoms with van der Waals surface area (Å²) in [5.41, 5.74) is 0.629. The Morgan fingerprint density at radius 2 is 2.04 bits per heavy atom. The lowest BCUT2D eigenvalue weighted by Gasteiger charge is -2.09. The van der Waals surface area contributed by atoms with Crippen LogP contribution in [0.3, 0.4) is 0 Å². The average Bonchev–Trinajstić information content (AvgIpc) is 3.12. The Labute approximate surface area is 164 Å². The Morgan fingerprint density at radius 3 is 2.65 bits per heavy atom. The zero-order chi connectivity index (χ0) is 19.3. The normalized spacial score (nSPS) is 20.7. The van der Waals surface area contributed by atoms with Crippen LogP contribution in [0.15, 0.2) is 72.0 Å². The van der Waals surface area contributed by atoms with E-state index in [-0.39, 0.29) is 34.3 Å². The molecule has 0 radical (unpaired) electrons. The molecule has 0 heterocycles. The van der Waals surface area contributed by atoms with Gasteiger partial charge < -0.3 is 9.47 Å². The molecule has 0 amide bonds. The Morgan fingerprint density at radius 1 is 1.31 bits per heavy atom. The van der Waals surface area contributed by atoms with E-state index in [1.807, 2.05) is 38.1 Å². The molecule has 26 heavy (non-hydrogen) atoms. The maximum atomic E-state index is 12.4. The topological polar surface area (TPSA) is 35.5 Å². The first-order valence-electron chi connectivity index (χ1n) is 8.21. The third-order valence-electron chi connectivity index (χ3n) is 4.47. The highest BCUT2D eigenvalue weighted by atomic mass is 35.5. The number of hydrogen-bond acceptors (Lipinski definition) is 3. The minimum Gasteiger partial charge on any atom is -0.461 e. The Hall–Kier alpha value is -1.97. The summed E-state index contributed by atoms with van der Waals surface area (Å²) in [6.45, 7) is 11.5. The Balaban J connectivity index is 1.98. The molecule has 138 valence electrons. The summed E-state index contributed by atoms with van der Waals surface area (Å²) < 4.78 is 11.3. The monoisotopic (exact) mass is 392 g/mol. The van der Waals surface area contributed by atoms with E-state index in [4.69, 9.17) is 32.7 Å². The van der Waals surface area contributed by atoms with Gasteiger partial charge in [-0.2, -0.15) is 0 Å². The van der Waals surface area contributed by atoms with Crippen molar-refractivity contribution in [2.45, 2.75) is 20.5 Å². The minimum atomic E-state index is -0.254. The molecule has 5 heteroatoms. The highest BCUT2D eigenvalue weighted by molar-refractivity contribution is 6.55. The first-order chi connectivity index (χ1) is 12.3. The first-order valence-corrected chi connectivity index (χ1v) is 8.96. The van der Waals surface area contributed by atoms with Crippen molar-refractivity contribution in [3.05, 3.63) is 77.5 Å². The Bertz CT molecular complexity index is 758. The number of hydrogen-bond donors (Lipinski definition) is 0. The summed E-state index contributed by atoms with van der Waals surface area (Å²) in [5, 5.41) is 0. The predicted octanol–water partition coefficient (Wildman–Crippen LogP) is 5.96. The standard InChI is InChI=1S/C21H22Cl2O3/c1-5-8-15(6-2)26-16-10-7-9-14(11-16)13-25-20(24)19-17(12-18(22)23)21(19,3)4/h5-12,17,19H,1-2,13H2,3-4H3/b15-8+. The van der Waals surface area contributed by atoms with Crippen LogP contribution in [0.1, 0.15) is 19.4 Å². The van der Waals surface area contributed by atoms with Crippen molar-refractivity contribution < 1.29 is 14.3 Å². The van der Waals surface area contributed by atoms with Gasteiger partial charge in [-0.1, -0.05) is 68.4 Å². The van der Waals surface area contributed by atoms with Crippen molar-refractivity contribution in [1.82, 2.24) is 0 Å². The summed E-state index contributed by atoms with van der Waals surface area (Å²) in [6, 6.07) is 7.35. The van der Waals surface area contributed by atoms with Crippen molar-refractivity contribution in [3.63, 3.8) is 0 Å². The Kier molecular flexibility index (Phi) is 6.74. The molecule has 2 atom stereocenters. The molecule has 2 unspecified atom stereocenters. The lowest BCUT2D eigenvalue weighted by Crippen LogP contribution is -2.10. The number of allylic oxidation sites excluding steroid dienone is 4. The molecule has 1 fully saturated rings. The first kappa shape index (κ1) is 20.3. The van der Waals surface area contributed by atoms with Crippen LogP contribution in [0.4, 0.5) is 0 Å². The SMILES string of the molecule is C=C/C=C(\C=C)Oc1cccc(COC(=O)C2C(C=C(Cl)Cl)C2(C)C)c1. The van der Waals surface area contributed by atoms with E-state index < -0.39 is 0 Å². The van der Waals surface area contributed by atoms with Gasteiger partial charge in [-0.15, -0.1) is 0 Å². The van der Waals surface area contributed by atoms with Gasteiger partial charge in [0.05, 0.1) is 5.92 Å². The highest BCUT2D eigenvalue weighted by Crippen LogP contribution is 2.60. The van der Waals surface area contributed by atoms with E-state index in [0.29, 0.717) is 11.5 Å². The maximum Gasteiger partial charge on any atom is 0.310 e. The quantitative estimate of drug-likeness (QED) is 0.311. The van der Waals surface area contributed by atoms with Crippen LogP contribution in [0, 0.1) is 17.3 Å². The van der Waals surface area contributed by atoms with Crippen molar-refractivity contribution >= 4 is 29.2 Å². The second kappa shape index (κ2) is 8.61. The summed E-state index contributed by atoms with van der Waals surface area (Å²) in [7, 11) is 0. The second-order valence-corrected chi connectivity index (χ2v) is 7.66. The third kappa shape index (κ3) is 5.03. The van der Waals surface area contributed by atoms with Gasteiger partial charge in [-0.25, -0.2) is 0 Å². The molecule has 1 aromatic carbocycles. The van der Waals surface area contributed by atoms with E-state index in [1.165, 1.54) is 0 Å². The summed E-state index contributed by atoms with van der Waals surface area (Å²) in [4.78, 5) is 12.4. The van der Waals surface area contributed by atoms with E-state index in [2.05, 4.69) is 13.2 Å². The fourth-order valence-electron chi connectivity index (χ4n) is 2.91. The lowest BCUT2D eigenvalue weighted by molar-refractivity contribution is -0.147. The van der Waals surface area contributed by atoms with Crippen LogP contribution in [0.5, 0.6) is 5.75 Å². The van der Waals surface area contributed by atoms with Gasteiger partial charge in [-0.3, -0.25) is 4.79 Å². The van der Waals surface area contributed by atoms with Gasteiger partial charge in [0.1, 0.15) is 22.6 Å². The second-order valence-electron chi connectivity index (χ2n) is 6.65. The molecule has 0 saturated heterocycles. The number of carbonyl (C=O) groups excluding carboxylic acids is 1. The van der Waals surface area contributed by atoms with E-state index in [0.717, 1.165) is 5.56 Å². The highest BCUT2D eigenvalue weighted by Gasteiger charge is 2.61. The zero-order valence-electron chi connectivity index (χ0n) is 14.9. The van der Waals surface area contributed by atoms with Gasteiger partial charge in [0.2, 0.25) is 0 Å². The van der Waals surface area contributed by atoms with E-state index in [9.17, 15) is 4.79 Å². The van der Waals surface area contributed by atoms with Crippen LogP contribution >= 0.6 is 23.2 Å². The number of benzene rings is 1. The van der Waals surface area contributed by atoms with Gasteiger partial charge in [0.15, 0.2) is 0 Å². The molecule has 1 saturated carbocycles. The summed E-state index contributed by atoms with van der Waals surface area (Å²) >= 11 is 11.4. The van der Waals surface area contributed by atoms with Gasteiger partial charge in [0.25, 0.3) is 0 Å². The molecule has 0 spiro atoms. The minimum absolute atomic E-state index is 0.00569. The predicted molar refractivity (Wildman–Crippen MR) is 106 cm³/mol. The third-order valence-corrected chi connectivity index (χ3v) is 4.72. The van der Waals surface area contributed by atoms with E-state index >= 15 is 0 Å². The molecule has 0 aliphatic heterocycles. The number of esters is 1. The summed E-state index contributed by atoms with van der Waals surface area (Å²) in [6.07, 6.45) is 6.63. The van der Waals surface area contributed by atoms with Gasteiger partial charge >= 0.3 is 5.97 Å². The number of ether oxygens (including phenoxy) is 2. The van der Waals surface area contributed by atoms with Crippen LogP contribution in [0.25, 0.3) is 0 Å². The van der Waals surface area contributed by atoms with Crippen LogP contribution in [-0.4, -0.2) is 5.97 Å². The lowest BCUT2D eigenvalue weighted by atomic mass is 10.1. The number of halogens is 2. The fourth-order valence-corrected chi connectivity index (χ4v) is 3.19. The molecule has 2 rings (SSSR count). The molecule has 0 N–H and O–H groups in total. The van der Waals surface area contributed by atoms with Crippen LogP contribution in [-0.2, 0) is 16.1 Å². The maximum absolute atomic E-state index is 12.4. The van der Waals surface area contributed by atoms with Gasteiger partial charge in [0, 0.05) is 0 Å². The van der Waals surface area contributed by atoms with Crippen molar-refractivity contribution in [2.75, 3.05) is 0 Å². The van der Waals surface area contributed by atoms with E-state index in [1.54, 1.807) is 24.3 Å². The summed E-state index contributed by atoms with van der Waals surface area (Å²) in [5.74, 6) is 0.719. The van der Waals surface area contributed by atoms with Crippen molar-refractivity contribution in [1.29, 1.82) is 0 Å². The number of rotatable bonds is 8. The van der Waals surface area contributed by atoms with Gasteiger partial charge in [-0.05, 0) is 47.3 Å². The average molecular weight is 393 g/mol. The molecule has 3 nitrogen and oxygen atoms in total. The number of carbonyl (C=O) groups is 1. The van der Waals surface area contributed by atoms with Crippen LogP contribution < -0.4 is 4.74 Å². The van der Waals surface area contributed by atoms with Crippen LogP contribution in [0.2, 0.25) is 0 Å². The molecule has 0 bridgehead atoms. The zero-order valence-corrected chi connectivity index (χ0v) is 16.4. The van der Waals surface area contributed by atoms with Crippen molar-refractivity contribution in [3.8, 4) is 5.75 Å².